The molecule has 0 spiro atoms. The van der Waals surface area contributed by atoms with Gasteiger partial charge in [0.05, 0.1) is 10.6 Å². The second kappa shape index (κ2) is 9.06. The fourth-order valence-corrected chi connectivity index (χ4v) is 4.97. The van der Waals surface area contributed by atoms with E-state index in [2.05, 4.69) is 73.9 Å². The number of pyridine rings is 1. The lowest BCUT2D eigenvalue weighted by molar-refractivity contribution is 0.0851. The molecule has 8 heteroatoms. The van der Waals surface area contributed by atoms with E-state index in [-0.39, 0.29) is 0 Å². The van der Waals surface area contributed by atoms with Gasteiger partial charge >= 0.3 is 0 Å². The lowest BCUT2D eigenvalue weighted by atomic mass is 10.2. The maximum Gasteiger partial charge on any atom is 0.156 e. The second-order valence-corrected chi connectivity index (χ2v) is 15.9. The molecule has 0 unspecified atom stereocenters. The molecular formula is C23H31N5OSSi. The molecule has 0 aliphatic rings. The summed E-state index contributed by atoms with van der Waals surface area (Å²) in [6.45, 7) is 12.6. The van der Waals surface area contributed by atoms with E-state index in [1.54, 1.807) is 11.3 Å². The Balaban J connectivity index is 1.50. The Morgan fingerprint density at radius 3 is 2.68 bits per heavy atom. The highest BCUT2D eigenvalue weighted by molar-refractivity contribution is 7.13. The maximum atomic E-state index is 6.02. The molecule has 0 fully saturated rings. The summed E-state index contributed by atoms with van der Waals surface area (Å²) in [6, 6.07) is 9.55. The summed E-state index contributed by atoms with van der Waals surface area (Å²) < 4.78 is 10.1. The molecule has 0 amide bonds. The highest BCUT2D eigenvalue weighted by Crippen LogP contribution is 2.24. The van der Waals surface area contributed by atoms with Crippen LogP contribution in [0.4, 0.5) is 0 Å². The van der Waals surface area contributed by atoms with E-state index >= 15 is 0 Å². The summed E-state index contributed by atoms with van der Waals surface area (Å²) in [7, 11) is -1.10. The molecule has 0 saturated carbocycles. The van der Waals surface area contributed by atoms with Gasteiger partial charge in [-0.15, -0.1) is 11.3 Å². The van der Waals surface area contributed by atoms with Gasteiger partial charge in [0.1, 0.15) is 12.6 Å². The van der Waals surface area contributed by atoms with E-state index in [0.717, 1.165) is 48.1 Å². The van der Waals surface area contributed by atoms with E-state index in [1.807, 2.05) is 4.52 Å². The zero-order chi connectivity index (χ0) is 22.0. The molecule has 0 N–H and O–H groups in total. The quantitative estimate of drug-likeness (QED) is 0.253. The van der Waals surface area contributed by atoms with Crippen molar-refractivity contribution >= 4 is 25.1 Å². The van der Waals surface area contributed by atoms with Crippen molar-refractivity contribution in [1.29, 1.82) is 0 Å². The van der Waals surface area contributed by atoms with Crippen LogP contribution in [-0.4, -0.2) is 38.8 Å². The molecule has 0 aliphatic heterocycles. The van der Waals surface area contributed by atoms with Crippen LogP contribution in [0.25, 0.3) is 16.2 Å². The molecule has 0 bridgehead atoms. The van der Waals surface area contributed by atoms with Crippen LogP contribution in [0.1, 0.15) is 22.9 Å². The maximum absolute atomic E-state index is 6.02. The van der Waals surface area contributed by atoms with E-state index in [9.17, 15) is 0 Å². The van der Waals surface area contributed by atoms with Gasteiger partial charge in [-0.1, -0.05) is 25.7 Å². The average molecular weight is 454 g/mol. The number of aryl methyl sites for hydroxylation is 4. The fourth-order valence-electron chi connectivity index (χ4n) is 3.54. The van der Waals surface area contributed by atoms with Crippen LogP contribution in [0, 0.1) is 13.8 Å². The highest BCUT2D eigenvalue weighted by Gasteiger charge is 2.15. The van der Waals surface area contributed by atoms with Crippen molar-refractivity contribution in [3.8, 4) is 10.6 Å². The number of aromatic nitrogens is 5. The van der Waals surface area contributed by atoms with Crippen LogP contribution in [0.3, 0.4) is 0 Å². The molecular weight excluding hydrogens is 422 g/mol. The third-order valence-electron chi connectivity index (χ3n) is 5.24. The Morgan fingerprint density at radius 2 is 1.94 bits per heavy atom. The van der Waals surface area contributed by atoms with Crippen LogP contribution < -0.4 is 0 Å². The van der Waals surface area contributed by atoms with Crippen LogP contribution in [-0.2, 0) is 24.3 Å². The number of rotatable bonds is 9. The molecule has 4 aromatic heterocycles. The second-order valence-electron chi connectivity index (χ2n) is 9.31. The molecule has 0 saturated heterocycles. The number of hydrogen-bond acceptors (Lipinski definition) is 5. The van der Waals surface area contributed by atoms with Gasteiger partial charge in [-0.3, -0.25) is 0 Å². The molecule has 4 heterocycles. The third-order valence-corrected chi connectivity index (χ3v) is 7.83. The first-order valence-electron chi connectivity index (χ1n) is 10.8. The van der Waals surface area contributed by atoms with Crippen LogP contribution in [0.15, 0.2) is 35.8 Å². The monoisotopic (exact) mass is 453 g/mol. The average Bonchev–Trinajstić information content (AvgIpc) is 3.41. The molecule has 4 rings (SSSR count). The van der Waals surface area contributed by atoms with Gasteiger partial charge in [0.15, 0.2) is 11.5 Å². The van der Waals surface area contributed by atoms with Crippen molar-refractivity contribution in [3.05, 3.63) is 58.7 Å². The Bertz CT molecular complexity index is 1160. The van der Waals surface area contributed by atoms with Crippen molar-refractivity contribution in [1.82, 2.24) is 24.1 Å². The summed E-state index contributed by atoms with van der Waals surface area (Å²) >= 11 is 1.71. The van der Waals surface area contributed by atoms with Gasteiger partial charge in [0.25, 0.3) is 0 Å². The van der Waals surface area contributed by atoms with Crippen molar-refractivity contribution in [2.45, 2.75) is 59.1 Å². The minimum absolute atomic E-state index is 0.537. The smallest absolute Gasteiger partial charge is 0.156 e. The van der Waals surface area contributed by atoms with Crippen LogP contribution in [0.2, 0.25) is 25.7 Å². The first-order chi connectivity index (χ1) is 14.8. The third kappa shape index (κ3) is 5.50. The van der Waals surface area contributed by atoms with Gasteiger partial charge in [-0.05, 0) is 49.0 Å². The molecule has 31 heavy (non-hydrogen) atoms. The van der Waals surface area contributed by atoms with Gasteiger partial charge in [0, 0.05) is 39.4 Å². The van der Waals surface area contributed by atoms with Gasteiger partial charge in [-0.25, -0.2) is 14.5 Å². The van der Waals surface area contributed by atoms with Gasteiger partial charge in [-0.2, -0.15) is 5.10 Å². The Morgan fingerprint density at radius 1 is 1.10 bits per heavy atom. The number of imidazole rings is 1. The fraction of sp³-hybridized carbons (Fsp3) is 0.435. The zero-order valence-corrected chi connectivity index (χ0v) is 20.9. The highest BCUT2D eigenvalue weighted by atomic mass is 32.1. The Hall–Kier alpha value is -2.29. The minimum Gasteiger partial charge on any atom is -0.361 e. The normalized spacial score (nSPS) is 12.2. The van der Waals surface area contributed by atoms with Crippen molar-refractivity contribution in [2.24, 2.45) is 0 Å². The number of nitrogens with zero attached hydrogens (tertiary/aromatic N) is 5. The van der Waals surface area contributed by atoms with Crippen molar-refractivity contribution < 1.29 is 4.74 Å². The molecule has 0 atom stereocenters. The summed E-state index contributed by atoms with van der Waals surface area (Å²) in [5.74, 6) is 1.86. The zero-order valence-electron chi connectivity index (χ0n) is 19.1. The van der Waals surface area contributed by atoms with Gasteiger partial charge in [0.2, 0.25) is 0 Å². The number of fused-ring (bicyclic) bond motifs is 1. The first kappa shape index (κ1) is 21.9. The molecule has 6 nitrogen and oxygen atoms in total. The minimum atomic E-state index is -1.10. The van der Waals surface area contributed by atoms with Crippen LogP contribution in [0.5, 0.6) is 0 Å². The molecule has 4 aromatic rings. The molecule has 0 aromatic carbocycles. The summed E-state index contributed by atoms with van der Waals surface area (Å²) in [6.07, 6.45) is 3.63. The summed E-state index contributed by atoms with van der Waals surface area (Å²) in [4.78, 5) is 10.8. The van der Waals surface area contributed by atoms with Crippen molar-refractivity contribution in [3.63, 3.8) is 0 Å². The Labute approximate surface area is 188 Å². The standard InChI is InChI=1S/C23H31N5OSSi/c1-17-13-18(2)28-23(14-17)25-21(26-28)8-9-22-24-19(20-7-6-11-30-20)15-27(22)16-29-10-12-31(3,4)5/h6-7,11,13-15H,8-10,12,16H2,1-5H3. The van der Waals surface area contributed by atoms with E-state index in [1.165, 1.54) is 16.5 Å². The SMILES string of the molecule is Cc1cc(C)n2nc(CCc3nc(-c4cccs4)cn3COCC[Si](C)(C)C)nc2c1. The van der Waals surface area contributed by atoms with Crippen LogP contribution >= 0.6 is 11.3 Å². The predicted octanol–water partition coefficient (Wildman–Crippen LogP) is 5.37. The number of hydrogen-bond donors (Lipinski definition) is 0. The number of thiophene rings is 1. The van der Waals surface area contributed by atoms with Crippen molar-refractivity contribution in [2.75, 3.05) is 6.61 Å². The summed E-state index contributed by atoms with van der Waals surface area (Å²) in [5, 5.41) is 6.79. The number of ether oxygens (including phenoxy) is 1. The van der Waals surface area contributed by atoms with Gasteiger partial charge < -0.3 is 9.30 Å². The molecule has 0 aliphatic carbocycles. The largest absolute Gasteiger partial charge is 0.361 e. The lowest BCUT2D eigenvalue weighted by Crippen LogP contribution is -2.22. The predicted molar refractivity (Wildman–Crippen MR) is 130 cm³/mol. The lowest BCUT2D eigenvalue weighted by Gasteiger charge is -2.16. The van der Waals surface area contributed by atoms with E-state index < -0.39 is 8.07 Å². The summed E-state index contributed by atoms with van der Waals surface area (Å²) in [5.41, 5.74) is 4.22. The molecule has 0 radical (unpaired) electrons. The first-order valence-corrected chi connectivity index (χ1v) is 15.4. The Kier molecular flexibility index (Phi) is 6.41. The van der Waals surface area contributed by atoms with E-state index in [0.29, 0.717) is 6.73 Å². The van der Waals surface area contributed by atoms with E-state index in [4.69, 9.17) is 19.8 Å². The molecule has 164 valence electrons. The topological polar surface area (TPSA) is 57.2 Å².